The fourth-order valence-electron chi connectivity index (χ4n) is 0.675. The van der Waals surface area contributed by atoms with Gasteiger partial charge in [-0.1, -0.05) is 6.58 Å². The van der Waals surface area contributed by atoms with Crippen LogP contribution in [0.2, 0.25) is 0 Å². The lowest BCUT2D eigenvalue weighted by Crippen LogP contribution is -2.44. The first-order valence-electron chi connectivity index (χ1n) is 3.08. The van der Waals surface area contributed by atoms with E-state index in [0.29, 0.717) is 0 Å². The molecular weight excluding hydrogens is 224 g/mol. The summed E-state index contributed by atoms with van der Waals surface area (Å²) in [6.45, 7) is 1.89. The molecule has 0 radical (unpaired) electrons. The Labute approximate surface area is 73.2 Å². The van der Waals surface area contributed by atoms with Gasteiger partial charge in [0, 0.05) is 0 Å². The topological polar surface area (TPSA) is 0 Å². The largest absolute Gasteiger partial charge is 0.403 e. The molecule has 0 rings (SSSR count). The van der Waals surface area contributed by atoms with Gasteiger partial charge in [-0.05, 0) is 0 Å². The van der Waals surface area contributed by atoms with Gasteiger partial charge in [0.25, 0.3) is 6.43 Å². The molecule has 0 nitrogen and oxygen atoms in total. The maximum absolute atomic E-state index is 12.3. The fourth-order valence-corrected chi connectivity index (χ4v) is 0.675. The summed E-state index contributed by atoms with van der Waals surface area (Å²) in [5.74, 6) is -12.4. The van der Waals surface area contributed by atoms with Crippen molar-refractivity contribution in [2.45, 2.75) is 18.5 Å². The molecule has 0 N–H and O–H groups in total. The van der Waals surface area contributed by atoms with Crippen LogP contribution in [0, 0.1) is 5.92 Å². The SMILES string of the molecule is C=C(F)C(F)(F)C(C(F)F)C(F)(F)F. The molecule has 0 aromatic carbocycles. The van der Waals surface area contributed by atoms with Gasteiger partial charge in [0.1, 0.15) is 0 Å². The summed E-state index contributed by atoms with van der Waals surface area (Å²) in [5.41, 5.74) is 0. The quantitative estimate of drug-likeness (QED) is 0.648. The first-order chi connectivity index (χ1) is 6.01. The molecule has 1 unspecified atom stereocenters. The van der Waals surface area contributed by atoms with Crippen molar-refractivity contribution in [3.05, 3.63) is 12.4 Å². The van der Waals surface area contributed by atoms with Crippen molar-refractivity contribution in [1.29, 1.82) is 0 Å². The van der Waals surface area contributed by atoms with Gasteiger partial charge in [0.05, 0.1) is 0 Å². The van der Waals surface area contributed by atoms with E-state index in [9.17, 15) is 35.1 Å². The van der Waals surface area contributed by atoms with Crippen molar-refractivity contribution in [2.24, 2.45) is 5.92 Å². The van der Waals surface area contributed by atoms with Gasteiger partial charge in [-0.2, -0.15) is 22.0 Å². The van der Waals surface area contributed by atoms with Crippen molar-refractivity contribution in [2.75, 3.05) is 0 Å². The zero-order chi connectivity index (χ0) is 11.7. The van der Waals surface area contributed by atoms with E-state index < -0.39 is 30.3 Å². The molecule has 0 spiro atoms. The summed E-state index contributed by atoms with van der Waals surface area (Å²) in [5, 5.41) is 0. The molecule has 0 aliphatic rings. The monoisotopic (exact) mass is 228 g/mol. The zero-order valence-electron chi connectivity index (χ0n) is 6.39. The van der Waals surface area contributed by atoms with Gasteiger partial charge in [-0.25, -0.2) is 13.2 Å². The third-order valence-corrected chi connectivity index (χ3v) is 1.36. The zero-order valence-corrected chi connectivity index (χ0v) is 6.39. The standard InChI is InChI=1S/C6H4F8/c1-2(7)5(10,11)3(4(8)9)6(12,13)14/h3-4H,1H2. The van der Waals surface area contributed by atoms with Gasteiger partial charge >= 0.3 is 12.1 Å². The lowest BCUT2D eigenvalue weighted by Gasteiger charge is -2.26. The number of halogens is 8. The number of alkyl halides is 7. The molecule has 0 aliphatic carbocycles. The molecule has 0 heterocycles. The maximum Gasteiger partial charge on any atom is 0.403 e. The minimum atomic E-state index is -5.90. The van der Waals surface area contributed by atoms with Gasteiger partial charge < -0.3 is 0 Å². The molecule has 0 aromatic rings. The predicted molar refractivity (Wildman–Crippen MR) is 30.7 cm³/mol. The Kier molecular flexibility index (Phi) is 3.52. The van der Waals surface area contributed by atoms with Crippen LogP contribution in [0.5, 0.6) is 0 Å². The summed E-state index contributed by atoms with van der Waals surface area (Å²) >= 11 is 0. The van der Waals surface area contributed by atoms with Crippen LogP contribution in [0.15, 0.2) is 12.4 Å². The van der Waals surface area contributed by atoms with Gasteiger partial charge in [-0.3, -0.25) is 0 Å². The predicted octanol–water partition coefficient (Wildman–Crippen LogP) is 3.55. The second-order valence-electron chi connectivity index (χ2n) is 2.38. The van der Waals surface area contributed by atoms with Gasteiger partial charge in [0.15, 0.2) is 11.7 Å². The molecular formula is C6H4F8. The normalized spacial score (nSPS) is 15.8. The lowest BCUT2D eigenvalue weighted by molar-refractivity contribution is -0.265. The summed E-state index contributed by atoms with van der Waals surface area (Å²) in [4.78, 5) is 0. The highest BCUT2D eigenvalue weighted by Crippen LogP contribution is 2.45. The van der Waals surface area contributed by atoms with Crippen LogP contribution in [-0.2, 0) is 0 Å². The second-order valence-corrected chi connectivity index (χ2v) is 2.38. The molecule has 0 aromatic heterocycles. The Bertz CT molecular complexity index is 214. The van der Waals surface area contributed by atoms with E-state index in [-0.39, 0.29) is 0 Å². The third-order valence-electron chi connectivity index (χ3n) is 1.36. The first kappa shape index (κ1) is 13.2. The first-order valence-corrected chi connectivity index (χ1v) is 3.08. The van der Waals surface area contributed by atoms with Crippen LogP contribution in [0.25, 0.3) is 0 Å². The van der Waals surface area contributed by atoms with Crippen LogP contribution in [-0.4, -0.2) is 18.5 Å². The Balaban J connectivity index is 5.13. The molecule has 0 fully saturated rings. The average Bonchev–Trinajstić information content (AvgIpc) is 1.79. The molecule has 0 amide bonds. The van der Waals surface area contributed by atoms with E-state index in [1.807, 2.05) is 6.58 Å². The molecule has 0 bridgehead atoms. The van der Waals surface area contributed by atoms with Crippen molar-refractivity contribution in [1.82, 2.24) is 0 Å². The second kappa shape index (κ2) is 3.74. The Morgan fingerprint density at radius 3 is 1.43 bits per heavy atom. The fraction of sp³-hybridized carbons (Fsp3) is 0.667. The molecule has 8 heteroatoms. The Morgan fingerprint density at radius 1 is 1.00 bits per heavy atom. The molecule has 14 heavy (non-hydrogen) atoms. The van der Waals surface area contributed by atoms with Crippen molar-refractivity contribution >= 4 is 0 Å². The van der Waals surface area contributed by atoms with E-state index in [0.717, 1.165) is 0 Å². The van der Waals surface area contributed by atoms with Gasteiger partial charge in [0.2, 0.25) is 0 Å². The highest BCUT2D eigenvalue weighted by Gasteiger charge is 2.62. The van der Waals surface area contributed by atoms with Crippen LogP contribution in [0.1, 0.15) is 0 Å². The summed E-state index contributed by atoms with van der Waals surface area (Å²) < 4.78 is 94.7. The maximum atomic E-state index is 12.3. The minimum Gasteiger partial charge on any atom is -0.210 e. The number of hydrogen-bond acceptors (Lipinski definition) is 0. The van der Waals surface area contributed by atoms with Crippen molar-refractivity contribution < 1.29 is 35.1 Å². The lowest BCUT2D eigenvalue weighted by atomic mass is 10.0. The van der Waals surface area contributed by atoms with E-state index in [1.54, 1.807) is 0 Å². The summed E-state index contributed by atoms with van der Waals surface area (Å²) in [7, 11) is 0. The van der Waals surface area contributed by atoms with E-state index in [1.165, 1.54) is 0 Å². The van der Waals surface area contributed by atoms with Gasteiger partial charge in [-0.15, -0.1) is 0 Å². The highest BCUT2D eigenvalue weighted by molar-refractivity contribution is 5.04. The van der Waals surface area contributed by atoms with Crippen LogP contribution in [0.4, 0.5) is 35.1 Å². The Hall–Kier alpha value is -0.820. The number of hydrogen-bond donors (Lipinski definition) is 0. The molecule has 84 valence electrons. The summed E-state index contributed by atoms with van der Waals surface area (Å²) in [6.07, 6.45) is -10.3. The number of rotatable bonds is 3. The molecule has 1 atom stereocenters. The third kappa shape index (κ3) is 2.58. The smallest absolute Gasteiger partial charge is 0.210 e. The average molecular weight is 228 g/mol. The molecule has 0 aliphatic heterocycles. The van der Waals surface area contributed by atoms with E-state index in [4.69, 9.17) is 0 Å². The van der Waals surface area contributed by atoms with Crippen molar-refractivity contribution in [3.63, 3.8) is 0 Å². The minimum absolute atomic E-state index is 1.89. The Morgan fingerprint density at radius 2 is 1.36 bits per heavy atom. The molecule has 0 saturated heterocycles. The van der Waals surface area contributed by atoms with E-state index >= 15 is 0 Å². The molecule has 0 saturated carbocycles. The summed E-state index contributed by atoms with van der Waals surface area (Å²) in [6, 6.07) is 0. The highest BCUT2D eigenvalue weighted by atomic mass is 19.4. The van der Waals surface area contributed by atoms with Crippen LogP contribution >= 0.6 is 0 Å². The van der Waals surface area contributed by atoms with Crippen LogP contribution in [0.3, 0.4) is 0 Å². The van der Waals surface area contributed by atoms with E-state index in [2.05, 4.69) is 0 Å². The van der Waals surface area contributed by atoms with Crippen LogP contribution < -0.4 is 0 Å². The van der Waals surface area contributed by atoms with Crippen molar-refractivity contribution in [3.8, 4) is 0 Å². The number of allylic oxidation sites excluding steroid dienone is 1.